The number of carbonyl (C=O) groups excluding carboxylic acids is 1. The molecule has 1 amide bonds. The monoisotopic (exact) mass is 376 g/mol. The molecule has 1 N–H and O–H groups in total. The van der Waals surface area contributed by atoms with Gasteiger partial charge in [-0.15, -0.1) is 0 Å². The minimum Gasteiger partial charge on any atom is -0.497 e. The summed E-state index contributed by atoms with van der Waals surface area (Å²) in [5.74, 6) is 1.23. The van der Waals surface area contributed by atoms with Crippen molar-refractivity contribution in [1.82, 2.24) is 14.8 Å². The molecule has 0 spiro atoms. The molecule has 0 unspecified atom stereocenters. The minimum atomic E-state index is -0.304. The van der Waals surface area contributed by atoms with Crippen molar-refractivity contribution in [3.05, 3.63) is 53.6 Å². The number of nitrogens with zero attached hydrogens (tertiary/aromatic N) is 3. The largest absolute Gasteiger partial charge is 0.497 e. The first-order valence-electron chi connectivity index (χ1n) is 8.77. The van der Waals surface area contributed by atoms with Gasteiger partial charge in [-0.3, -0.25) is 4.79 Å². The molecule has 0 bridgehead atoms. The predicted octanol–water partition coefficient (Wildman–Crippen LogP) is 3.70. The first-order valence-corrected chi connectivity index (χ1v) is 8.77. The molecule has 0 aliphatic rings. The minimum absolute atomic E-state index is 0.304. The second-order valence-corrected chi connectivity index (χ2v) is 6.53. The van der Waals surface area contributed by atoms with Crippen molar-refractivity contribution in [1.29, 1.82) is 0 Å². The van der Waals surface area contributed by atoms with E-state index in [2.05, 4.69) is 10.4 Å². The average molecular weight is 376 g/mol. The SMILES string of the molecule is COc1cc(OC)cc(C(=O)Nc2nn(C)c3nc4c(C)cccc4cc23)c1. The zero-order valence-corrected chi connectivity index (χ0v) is 16.1. The summed E-state index contributed by atoms with van der Waals surface area (Å²) < 4.78 is 12.2. The Morgan fingerprint density at radius 3 is 2.46 bits per heavy atom. The zero-order chi connectivity index (χ0) is 19.8. The Hall–Kier alpha value is -3.61. The molecule has 4 rings (SSSR count). The molecule has 2 heterocycles. The molecule has 28 heavy (non-hydrogen) atoms. The van der Waals surface area contributed by atoms with E-state index in [4.69, 9.17) is 14.5 Å². The Bertz CT molecular complexity index is 1190. The molecule has 0 saturated heterocycles. The van der Waals surface area contributed by atoms with E-state index < -0.39 is 0 Å². The summed E-state index contributed by atoms with van der Waals surface area (Å²) >= 11 is 0. The average Bonchev–Trinajstić information content (AvgIpc) is 3.01. The maximum atomic E-state index is 12.8. The Kier molecular flexibility index (Phi) is 4.35. The van der Waals surface area contributed by atoms with Crippen molar-refractivity contribution >= 4 is 33.7 Å². The molecule has 2 aromatic heterocycles. The lowest BCUT2D eigenvalue weighted by Gasteiger charge is -2.08. The molecule has 0 aliphatic heterocycles. The number of para-hydroxylation sites is 1. The van der Waals surface area contributed by atoms with Crippen LogP contribution in [-0.4, -0.2) is 34.9 Å². The number of fused-ring (bicyclic) bond motifs is 2. The lowest BCUT2D eigenvalue weighted by molar-refractivity contribution is 0.102. The van der Waals surface area contributed by atoms with Crippen molar-refractivity contribution in [2.75, 3.05) is 19.5 Å². The topological polar surface area (TPSA) is 78.3 Å². The molecule has 142 valence electrons. The predicted molar refractivity (Wildman–Crippen MR) is 108 cm³/mol. The molecular weight excluding hydrogens is 356 g/mol. The van der Waals surface area contributed by atoms with Crippen LogP contribution in [0, 0.1) is 6.92 Å². The van der Waals surface area contributed by atoms with Gasteiger partial charge in [-0.1, -0.05) is 18.2 Å². The van der Waals surface area contributed by atoms with Gasteiger partial charge in [-0.2, -0.15) is 5.10 Å². The first kappa shape index (κ1) is 17.8. The lowest BCUT2D eigenvalue weighted by Crippen LogP contribution is -2.13. The summed E-state index contributed by atoms with van der Waals surface area (Å²) in [7, 11) is 4.90. The quantitative estimate of drug-likeness (QED) is 0.588. The number of aryl methyl sites for hydroxylation is 2. The van der Waals surface area contributed by atoms with E-state index in [1.165, 1.54) is 0 Å². The van der Waals surface area contributed by atoms with Crippen LogP contribution >= 0.6 is 0 Å². The van der Waals surface area contributed by atoms with Gasteiger partial charge in [-0.05, 0) is 30.7 Å². The summed E-state index contributed by atoms with van der Waals surface area (Å²) in [5.41, 5.74) is 3.14. The van der Waals surface area contributed by atoms with E-state index in [1.54, 1.807) is 37.1 Å². The van der Waals surface area contributed by atoms with Gasteiger partial charge < -0.3 is 14.8 Å². The van der Waals surface area contributed by atoms with E-state index in [1.807, 2.05) is 38.2 Å². The van der Waals surface area contributed by atoms with Crippen LogP contribution < -0.4 is 14.8 Å². The summed E-state index contributed by atoms with van der Waals surface area (Å²) in [6, 6.07) is 13.0. The number of aromatic nitrogens is 3. The van der Waals surface area contributed by atoms with E-state index in [-0.39, 0.29) is 5.91 Å². The van der Waals surface area contributed by atoms with Crippen LogP contribution in [0.5, 0.6) is 11.5 Å². The second-order valence-electron chi connectivity index (χ2n) is 6.53. The third kappa shape index (κ3) is 3.00. The number of carbonyl (C=O) groups is 1. The Balaban J connectivity index is 1.77. The van der Waals surface area contributed by atoms with Gasteiger partial charge in [0.1, 0.15) is 11.5 Å². The van der Waals surface area contributed by atoms with Crippen LogP contribution in [-0.2, 0) is 7.05 Å². The molecule has 7 heteroatoms. The fraction of sp³-hybridized carbons (Fsp3) is 0.190. The highest BCUT2D eigenvalue weighted by molar-refractivity contribution is 6.09. The van der Waals surface area contributed by atoms with E-state index >= 15 is 0 Å². The summed E-state index contributed by atoms with van der Waals surface area (Å²) in [5, 5.41) is 9.12. The highest BCUT2D eigenvalue weighted by Crippen LogP contribution is 2.28. The number of anilines is 1. The smallest absolute Gasteiger partial charge is 0.257 e. The van der Waals surface area contributed by atoms with Gasteiger partial charge in [0.15, 0.2) is 11.5 Å². The number of ether oxygens (including phenoxy) is 2. The van der Waals surface area contributed by atoms with Gasteiger partial charge in [0.25, 0.3) is 5.91 Å². The van der Waals surface area contributed by atoms with Crippen molar-refractivity contribution in [3.8, 4) is 11.5 Å². The molecule has 0 fully saturated rings. The van der Waals surface area contributed by atoms with Gasteiger partial charge in [0, 0.05) is 24.1 Å². The number of amides is 1. The highest BCUT2D eigenvalue weighted by atomic mass is 16.5. The van der Waals surface area contributed by atoms with Crippen LogP contribution in [0.25, 0.3) is 21.9 Å². The number of hydrogen-bond donors (Lipinski definition) is 1. The van der Waals surface area contributed by atoms with Gasteiger partial charge >= 0.3 is 0 Å². The number of nitrogens with one attached hydrogen (secondary N) is 1. The van der Waals surface area contributed by atoms with E-state index in [9.17, 15) is 4.79 Å². The summed E-state index contributed by atoms with van der Waals surface area (Å²) in [4.78, 5) is 17.6. The fourth-order valence-electron chi connectivity index (χ4n) is 3.22. The number of rotatable bonds is 4. The third-order valence-electron chi connectivity index (χ3n) is 4.68. The molecule has 4 aromatic rings. The van der Waals surface area contributed by atoms with Crippen molar-refractivity contribution in [2.24, 2.45) is 7.05 Å². The van der Waals surface area contributed by atoms with Crippen LogP contribution in [0.15, 0.2) is 42.5 Å². The molecule has 0 atom stereocenters. The fourth-order valence-corrected chi connectivity index (χ4v) is 3.22. The third-order valence-corrected chi connectivity index (χ3v) is 4.68. The standard InChI is InChI=1S/C21H20N4O3/c1-12-6-5-7-13-10-17-19(24-25(2)20(17)22-18(12)13)23-21(26)14-8-15(27-3)11-16(9-14)28-4/h5-11H,1-4H3,(H,23,24,26). The lowest BCUT2D eigenvalue weighted by atomic mass is 10.1. The molecular formula is C21H20N4O3. The summed E-state index contributed by atoms with van der Waals surface area (Å²) in [6.45, 7) is 2.02. The van der Waals surface area contributed by atoms with E-state index in [0.717, 1.165) is 21.9 Å². The number of pyridine rings is 1. The normalized spacial score (nSPS) is 11.0. The van der Waals surface area contributed by atoms with Crippen LogP contribution in [0.2, 0.25) is 0 Å². The molecule has 2 aromatic carbocycles. The zero-order valence-electron chi connectivity index (χ0n) is 16.1. The molecule has 0 aliphatic carbocycles. The highest BCUT2D eigenvalue weighted by Gasteiger charge is 2.16. The second kappa shape index (κ2) is 6.84. The van der Waals surface area contributed by atoms with Gasteiger partial charge in [0.2, 0.25) is 0 Å². The van der Waals surface area contributed by atoms with Gasteiger partial charge in [0.05, 0.1) is 25.1 Å². The number of benzene rings is 2. The molecule has 7 nitrogen and oxygen atoms in total. The van der Waals surface area contributed by atoms with Crippen LogP contribution in [0.1, 0.15) is 15.9 Å². The Morgan fingerprint density at radius 1 is 1.07 bits per heavy atom. The van der Waals surface area contributed by atoms with Crippen LogP contribution in [0.4, 0.5) is 5.82 Å². The Labute approximate surface area is 161 Å². The van der Waals surface area contributed by atoms with Crippen molar-refractivity contribution in [3.63, 3.8) is 0 Å². The van der Waals surface area contributed by atoms with Gasteiger partial charge in [-0.25, -0.2) is 9.67 Å². The number of methoxy groups -OCH3 is 2. The van der Waals surface area contributed by atoms with E-state index in [0.29, 0.717) is 28.5 Å². The Morgan fingerprint density at radius 2 is 1.79 bits per heavy atom. The maximum Gasteiger partial charge on any atom is 0.257 e. The number of hydrogen-bond acceptors (Lipinski definition) is 5. The van der Waals surface area contributed by atoms with Crippen LogP contribution in [0.3, 0.4) is 0 Å². The molecule has 0 radical (unpaired) electrons. The summed E-state index contributed by atoms with van der Waals surface area (Å²) in [6.07, 6.45) is 0. The molecule has 0 saturated carbocycles. The van der Waals surface area contributed by atoms with Crippen molar-refractivity contribution < 1.29 is 14.3 Å². The maximum absolute atomic E-state index is 12.8. The van der Waals surface area contributed by atoms with Crippen molar-refractivity contribution in [2.45, 2.75) is 6.92 Å². The first-order chi connectivity index (χ1) is 13.5.